The maximum atomic E-state index is 12.9. The van der Waals surface area contributed by atoms with Crippen molar-refractivity contribution in [1.82, 2.24) is 14.5 Å². The molecule has 1 aliphatic carbocycles. The summed E-state index contributed by atoms with van der Waals surface area (Å²) in [6, 6.07) is 2.21. The van der Waals surface area contributed by atoms with Crippen LogP contribution in [-0.4, -0.2) is 29.2 Å². The number of halogens is 3. The first-order valence-corrected chi connectivity index (χ1v) is 10.4. The number of amides is 1. The van der Waals surface area contributed by atoms with Crippen molar-refractivity contribution in [3.8, 4) is 0 Å². The molecule has 1 saturated carbocycles. The van der Waals surface area contributed by atoms with Gasteiger partial charge in [-0.2, -0.15) is 13.2 Å². The summed E-state index contributed by atoms with van der Waals surface area (Å²) in [4.78, 5) is 20.3. The number of aromatic nitrogens is 3. The molecule has 1 amide bonds. The SMILES string of the molecule is O=C(Nc1ccc(CS(=O)O)cn1)[C@H](CC1CCCC1)n1cnc(C(F)(F)F)c1. The van der Waals surface area contributed by atoms with E-state index in [1.54, 1.807) is 6.07 Å². The Morgan fingerprint density at radius 1 is 1.31 bits per heavy atom. The molecule has 2 aromatic heterocycles. The van der Waals surface area contributed by atoms with Gasteiger partial charge in [-0.3, -0.25) is 4.79 Å². The Hall–Kier alpha value is -2.27. The third-order valence-corrected chi connectivity index (χ3v) is 5.53. The van der Waals surface area contributed by atoms with Crippen molar-refractivity contribution in [1.29, 1.82) is 0 Å². The Bertz CT molecular complexity index is 864. The van der Waals surface area contributed by atoms with Crippen LogP contribution in [0, 0.1) is 5.92 Å². The predicted molar refractivity (Wildman–Crippen MR) is 100 cm³/mol. The van der Waals surface area contributed by atoms with Crippen LogP contribution >= 0.6 is 0 Å². The summed E-state index contributed by atoms with van der Waals surface area (Å²) in [5, 5.41) is 2.62. The molecule has 2 aromatic rings. The molecule has 0 aliphatic heterocycles. The van der Waals surface area contributed by atoms with Crippen molar-refractivity contribution in [3.63, 3.8) is 0 Å². The van der Waals surface area contributed by atoms with Gasteiger partial charge >= 0.3 is 6.18 Å². The van der Waals surface area contributed by atoms with Gasteiger partial charge < -0.3 is 14.4 Å². The van der Waals surface area contributed by atoms with Gasteiger partial charge in [0.05, 0.1) is 12.1 Å². The van der Waals surface area contributed by atoms with E-state index in [-0.39, 0.29) is 17.5 Å². The number of pyridine rings is 1. The minimum Gasteiger partial charge on any atom is -0.324 e. The molecular formula is C18H21F3N4O3S. The number of rotatable bonds is 7. The minimum atomic E-state index is -4.58. The lowest BCUT2D eigenvalue weighted by atomic mass is 9.97. The zero-order chi connectivity index (χ0) is 21.0. The van der Waals surface area contributed by atoms with E-state index >= 15 is 0 Å². The number of carbonyl (C=O) groups is 1. The van der Waals surface area contributed by atoms with Crippen LogP contribution in [-0.2, 0) is 27.8 Å². The van der Waals surface area contributed by atoms with E-state index in [1.165, 1.54) is 16.8 Å². The zero-order valence-corrected chi connectivity index (χ0v) is 16.2. The van der Waals surface area contributed by atoms with Crippen LogP contribution in [0.2, 0.25) is 0 Å². The molecule has 1 aliphatic rings. The molecule has 2 atom stereocenters. The summed E-state index contributed by atoms with van der Waals surface area (Å²) in [5.74, 6) is -0.0812. The van der Waals surface area contributed by atoms with Crippen LogP contribution in [0.4, 0.5) is 19.0 Å². The Balaban J connectivity index is 1.76. The first kappa shape index (κ1) is 21.4. The molecule has 0 saturated heterocycles. The van der Waals surface area contributed by atoms with Gasteiger partial charge in [-0.25, -0.2) is 14.2 Å². The number of hydrogen-bond donors (Lipinski definition) is 2. The van der Waals surface area contributed by atoms with E-state index in [4.69, 9.17) is 4.55 Å². The van der Waals surface area contributed by atoms with Crippen LogP contribution in [0.25, 0.3) is 0 Å². The lowest BCUT2D eigenvalue weighted by molar-refractivity contribution is -0.141. The van der Waals surface area contributed by atoms with Gasteiger partial charge in [0.15, 0.2) is 16.8 Å². The lowest BCUT2D eigenvalue weighted by Crippen LogP contribution is -2.27. The summed E-state index contributed by atoms with van der Waals surface area (Å²) < 4.78 is 59.7. The largest absolute Gasteiger partial charge is 0.434 e. The summed E-state index contributed by atoms with van der Waals surface area (Å²) in [6.45, 7) is 0. The monoisotopic (exact) mass is 430 g/mol. The maximum absolute atomic E-state index is 12.9. The number of imidazole rings is 1. The summed E-state index contributed by atoms with van der Waals surface area (Å²) in [6.07, 6.45) is 3.07. The van der Waals surface area contributed by atoms with Crippen LogP contribution < -0.4 is 5.32 Å². The lowest BCUT2D eigenvalue weighted by Gasteiger charge is -2.21. The third-order valence-electron chi connectivity index (χ3n) is 4.95. The molecule has 0 radical (unpaired) electrons. The molecule has 11 heteroatoms. The second-order valence-electron chi connectivity index (χ2n) is 7.11. The van der Waals surface area contributed by atoms with Gasteiger partial charge in [0.1, 0.15) is 11.9 Å². The van der Waals surface area contributed by atoms with Crippen molar-refractivity contribution < 1.29 is 26.7 Å². The summed E-state index contributed by atoms with van der Waals surface area (Å²) >= 11 is -2.00. The highest BCUT2D eigenvalue weighted by atomic mass is 32.2. The van der Waals surface area contributed by atoms with E-state index in [9.17, 15) is 22.2 Å². The standard InChI is InChI=1S/C18H21F3N4O3S/c19-18(20,21)15-9-25(11-23-15)14(7-12-3-1-2-4-12)17(26)24-16-6-5-13(8-22-16)10-29(27)28/h5-6,8-9,11-12,14H,1-4,7,10H2,(H,27,28)(H,22,24,26)/t14-/m0/s1. The van der Waals surface area contributed by atoms with Gasteiger partial charge in [-0.15, -0.1) is 0 Å². The van der Waals surface area contributed by atoms with Gasteiger partial charge in [-0.05, 0) is 24.0 Å². The Labute approximate surface area is 168 Å². The van der Waals surface area contributed by atoms with Gasteiger partial charge in [0.25, 0.3) is 0 Å². The highest BCUT2D eigenvalue weighted by Crippen LogP contribution is 2.34. The Kier molecular flexibility index (Phi) is 6.68. The first-order valence-electron chi connectivity index (χ1n) is 9.16. The highest BCUT2D eigenvalue weighted by Gasteiger charge is 2.35. The van der Waals surface area contributed by atoms with Crippen LogP contribution in [0.5, 0.6) is 0 Å². The molecule has 0 spiro atoms. The van der Waals surface area contributed by atoms with E-state index in [1.807, 2.05) is 0 Å². The second-order valence-corrected chi connectivity index (χ2v) is 8.04. The van der Waals surface area contributed by atoms with Crippen molar-refractivity contribution in [2.24, 2.45) is 5.92 Å². The van der Waals surface area contributed by atoms with Gasteiger partial charge in [0.2, 0.25) is 5.91 Å². The normalized spacial score (nSPS) is 17.2. The molecule has 3 rings (SSSR count). The molecule has 158 valence electrons. The van der Waals surface area contributed by atoms with Crippen LogP contribution in [0.1, 0.15) is 49.4 Å². The third kappa shape index (κ3) is 5.86. The van der Waals surface area contributed by atoms with Crippen molar-refractivity contribution in [2.45, 2.75) is 50.1 Å². The Morgan fingerprint density at radius 3 is 2.59 bits per heavy atom. The topological polar surface area (TPSA) is 97.1 Å². The number of nitrogens with zero attached hydrogens (tertiary/aromatic N) is 3. The van der Waals surface area contributed by atoms with E-state index < -0.39 is 34.9 Å². The molecule has 29 heavy (non-hydrogen) atoms. The average Bonchev–Trinajstić information content (AvgIpc) is 3.32. The summed E-state index contributed by atoms with van der Waals surface area (Å²) in [7, 11) is 0. The number of alkyl halides is 3. The fraction of sp³-hybridized carbons (Fsp3) is 0.500. The highest BCUT2D eigenvalue weighted by molar-refractivity contribution is 7.78. The second kappa shape index (κ2) is 9.04. The molecule has 1 fully saturated rings. The quantitative estimate of drug-likeness (QED) is 0.652. The number of hydrogen-bond acceptors (Lipinski definition) is 4. The summed E-state index contributed by atoms with van der Waals surface area (Å²) in [5.41, 5.74) is -0.517. The predicted octanol–water partition coefficient (Wildman–Crippen LogP) is 3.78. The van der Waals surface area contributed by atoms with Gasteiger partial charge in [0, 0.05) is 12.4 Å². The van der Waals surface area contributed by atoms with E-state index in [0.717, 1.165) is 38.2 Å². The molecule has 0 bridgehead atoms. The number of anilines is 1. The molecule has 2 heterocycles. The smallest absolute Gasteiger partial charge is 0.324 e. The fourth-order valence-corrected chi connectivity index (χ4v) is 3.97. The molecule has 0 aromatic carbocycles. The van der Waals surface area contributed by atoms with Crippen LogP contribution in [0.3, 0.4) is 0 Å². The van der Waals surface area contributed by atoms with Crippen molar-refractivity contribution in [3.05, 3.63) is 42.1 Å². The number of carbonyl (C=O) groups excluding carboxylic acids is 1. The zero-order valence-electron chi connectivity index (χ0n) is 15.4. The fourth-order valence-electron chi connectivity index (χ4n) is 3.52. The van der Waals surface area contributed by atoms with E-state index in [2.05, 4.69) is 15.3 Å². The van der Waals surface area contributed by atoms with Crippen molar-refractivity contribution >= 4 is 22.8 Å². The molecule has 1 unspecified atom stereocenters. The molecule has 2 N–H and O–H groups in total. The average molecular weight is 430 g/mol. The van der Waals surface area contributed by atoms with Crippen LogP contribution in [0.15, 0.2) is 30.9 Å². The van der Waals surface area contributed by atoms with E-state index in [0.29, 0.717) is 12.0 Å². The van der Waals surface area contributed by atoms with Crippen molar-refractivity contribution in [2.75, 3.05) is 5.32 Å². The first-order chi connectivity index (χ1) is 13.7. The number of nitrogens with one attached hydrogen (secondary N) is 1. The maximum Gasteiger partial charge on any atom is 0.434 e. The van der Waals surface area contributed by atoms with Gasteiger partial charge in [-0.1, -0.05) is 31.7 Å². The minimum absolute atomic E-state index is 0.0826. The molecular weight excluding hydrogens is 409 g/mol. The molecule has 7 nitrogen and oxygen atoms in total. The Morgan fingerprint density at radius 2 is 2.03 bits per heavy atom.